The van der Waals surface area contributed by atoms with Crippen molar-refractivity contribution in [1.29, 1.82) is 0 Å². The first kappa shape index (κ1) is 23.7. The van der Waals surface area contributed by atoms with Gasteiger partial charge in [0.25, 0.3) is 0 Å². The molecule has 162 valence electrons. The number of aliphatic hydroxyl groups is 2. The largest absolute Gasteiger partial charge is 0.390 e. The zero-order chi connectivity index (χ0) is 21.2. The Bertz CT molecular complexity index is 637. The van der Waals surface area contributed by atoms with Gasteiger partial charge in [-0.25, -0.2) is 0 Å². The first-order chi connectivity index (χ1) is 13.8. The molecule has 1 fully saturated rings. The highest BCUT2D eigenvalue weighted by molar-refractivity contribution is 7.99. The molecule has 0 bridgehead atoms. The minimum Gasteiger partial charge on any atom is -0.390 e. The van der Waals surface area contributed by atoms with Crippen molar-refractivity contribution in [2.75, 3.05) is 12.3 Å². The van der Waals surface area contributed by atoms with Crippen molar-refractivity contribution in [1.82, 2.24) is 10.6 Å². The molecule has 1 aromatic rings. The molecule has 29 heavy (non-hydrogen) atoms. The third kappa shape index (κ3) is 9.65. The number of rotatable bonds is 13. The summed E-state index contributed by atoms with van der Waals surface area (Å²) in [7, 11) is 0. The number of aliphatic hydroxyl groups excluding tert-OH is 2. The second kappa shape index (κ2) is 12.2. The van der Waals surface area contributed by atoms with Gasteiger partial charge in [0.15, 0.2) is 0 Å². The first-order valence-electron chi connectivity index (χ1n) is 10.5. The fourth-order valence-corrected chi connectivity index (χ4v) is 3.94. The number of carbonyl (C=O) groups is 2. The molecule has 0 saturated heterocycles. The lowest BCUT2D eigenvalue weighted by molar-refractivity contribution is -0.129. The highest BCUT2D eigenvalue weighted by atomic mass is 32.2. The van der Waals surface area contributed by atoms with E-state index < -0.39 is 18.2 Å². The molecule has 6 nitrogen and oxygen atoms in total. The van der Waals surface area contributed by atoms with Crippen molar-refractivity contribution in [3.8, 4) is 0 Å². The van der Waals surface area contributed by atoms with Crippen LogP contribution in [0.25, 0.3) is 0 Å². The summed E-state index contributed by atoms with van der Waals surface area (Å²) in [6.07, 6.45) is 1.71. The van der Waals surface area contributed by atoms with Crippen LogP contribution in [0, 0.1) is 11.8 Å². The van der Waals surface area contributed by atoms with Crippen LogP contribution in [0.5, 0.6) is 0 Å². The third-order valence-corrected chi connectivity index (χ3v) is 5.91. The third-order valence-electron chi connectivity index (χ3n) is 4.90. The van der Waals surface area contributed by atoms with Crippen LogP contribution < -0.4 is 10.6 Å². The molecule has 1 aromatic carbocycles. The minimum atomic E-state index is -1.01. The summed E-state index contributed by atoms with van der Waals surface area (Å²) < 4.78 is 0. The Morgan fingerprint density at radius 3 is 2.45 bits per heavy atom. The fourth-order valence-electron chi connectivity index (χ4n) is 3.07. The van der Waals surface area contributed by atoms with E-state index in [4.69, 9.17) is 0 Å². The Hall–Kier alpha value is -1.57. The van der Waals surface area contributed by atoms with E-state index in [1.165, 1.54) is 0 Å². The van der Waals surface area contributed by atoms with Crippen LogP contribution in [0.15, 0.2) is 35.2 Å². The molecule has 0 unspecified atom stereocenters. The zero-order valence-corrected chi connectivity index (χ0v) is 18.2. The average molecular weight is 423 g/mol. The lowest BCUT2D eigenvalue weighted by Crippen LogP contribution is -2.50. The molecule has 0 heterocycles. The van der Waals surface area contributed by atoms with Crippen LogP contribution in [0.3, 0.4) is 0 Å². The number of hydrogen-bond donors (Lipinski definition) is 4. The molecular weight excluding hydrogens is 388 g/mol. The summed E-state index contributed by atoms with van der Waals surface area (Å²) in [4.78, 5) is 26.0. The molecule has 0 aromatic heterocycles. The Labute approximate surface area is 177 Å². The molecule has 1 saturated carbocycles. The fraction of sp³-hybridized carbons (Fsp3) is 0.636. The maximum Gasteiger partial charge on any atom is 0.242 e. The maximum absolute atomic E-state index is 12.6. The number of thioether (sulfide) groups is 1. The number of nitrogens with one attached hydrogen (secondary N) is 2. The topological polar surface area (TPSA) is 98.7 Å². The highest BCUT2D eigenvalue weighted by Gasteiger charge is 2.30. The van der Waals surface area contributed by atoms with Gasteiger partial charge in [-0.15, -0.1) is 11.8 Å². The highest BCUT2D eigenvalue weighted by Crippen LogP contribution is 2.33. The van der Waals surface area contributed by atoms with Gasteiger partial charge in [-0.2, -0.15) is 0 Å². The van der Waals surface area contributed by atoms with Gasteiger partial charge in [-0.3, -0.25) is 9.59 Å². The summed E-state index contributed by atoms with van der Waals surface area (Å²) in [5.41, 5.74) is 0. The quantitative estimate of drug-likeness (QED) is 0.366. The zero-order valence-electron chi connectivity index (χ0n) is 17.3. The molecular formula is C22H34N2O4S. The van der Waals surface area contributed by atoms with Gasteiger partial charge in [0.1, 0.15) is 6.04 Å². The molecule has 1 aliphatic rings. The predicted molar refractivity (Wildman–Crippen MR) is 116 cm³/mol. The molecule has 0 spiro atoms. The lowest BCUT2D eigenvalue weighted by Gasteiger charge is -2.22. The summed E-state index contributed by atoms with van der Waals surface area (Å²) >= 11 is 1.61. The van der Waals surface area contributed by atoms with Crippen molar-refractivity contribution in [3.63, 3.8) is 0 Å². The van der Waals surface area contributed by atoms with Crippen LogP contribution in [0.4, 0.5) is 0 Å². The minimum absolute atomic E-state index is 0.0202. The van der Waals surface area contributed by atoms with E-state index in [0.717, 1.165) is 17.7 Å². The van der Waals surface area contributed by atoms with Crippen LogP contribution in [-0.2, 0) is 9.59 Å². The Kier molecular flexibility index (Phi) is 9.97. The van der Waals surface area contributed by atoms with Crippen LogP contribution >= 0.6 is 11.8 Å². The predicted octanol–water partition coefficient (Wildman–Crippen LogP) is 2.34. The summed E-state index contributed by atoms with van der Waals surface area (Å²) in [5.74, 6) is 0.937. The van der Waals surface area contributed by atoms with E-state index in [9.17, 15) is 19.8 Å². The van der Waals surface area contributed by atoms with Gasteiger partial charge >= 0.3 is 0 Å². The summed E-state index contributed by atoms with van der Waals surface area (Å²) in [5, 5.41) is 25.5. The van der Waals surface area contributed by atoms with Gasteiger partial charge in [-0.1, -0.05) is 44.9 Å². The van der Waals surface area contributed by atoms with Crippen LogP contribution in [0.1, 0.15) is 46.0 Å². The van der Waals surface area contributed by atoms with Gasteiger partial charge in [0, 0.05) is 23.6 Å². The monoisotopic (exact) mass is 422 g/mol. The van der Waals surface area contributed by atoms with Gasteiger partial charge < -0.3 is 20.8 Å². The molecule has 0 aliphatic heterocycles. The standard InChI is InChI=1S/C22H34N2O4S/c1-15(2)12-19(25)20(26)14-23-22(28)18(13-16-8-9-16)24-21(27)10-11-29-17-6-4-3-5-7-17/h3-7,15-16,18-20,25-26H,8-14H2,1-2H3,(H,23,28)(H,24,27)/t18-,19-,20+/m0/s1. The number of hydrogen-bond acceptors (Lipinski definition) is 5. The Morgan fingerprint density at radius 2 is 1.83 bits per heavy atom. The van der Waals surface area contributed by atoms with Crippen LogP contribution in [-0.4, -0.2) is 52.6 Å². The SMILES string of the molecule is CC(C)C[C@H](O)[C@H](O)CNC(=O)[C@H](CC1CC1)NC(=O)CCSc1ccccc1. The maximum atomic E-state index is 12.6. The van der Waals surface area contributed by atoms with Crippen molar-refractivity contribution >= 4 is 23.6 Å². The van der Waals surface area contributed by atoms with E-state index in [1.807, 2.05) is 44.2 Å². The second-order valence-corrected chi connectivity index (χ2v) is 9.39. The normalized spacial score (nSPS) is 16.9. The van der Waals surface area contributed by atoms with E-state index in [1.54, 1.807) is 11.8 Å². The van der Waals surface area contributed by atoms with Crippen molar-refractivity contribution in [2.24, 2.45) is 11.8 Å². The van der Waals surface area contributed by atoms with E-state index in [-0.39, 0.29) is 24.3 Å². The number of benzene rings is 1. The van der Waals surface area contributed by atoms with Gasteiger partial charge in [0.2, 0.25) is 11.8 Å². The van der Waals surface area contributed by atoms with E-state index in [2.05, 4.69) is 10.6 Å². The van der Waals surface area contributed by atoms with Crippen molar-refractivity contribution in [3.05, 3.63) is 30.3 Å². The molecule has 3 atom stereocenters. The summed E-state index contributed by atoms with van der Waals surface area (Å²) in [6.45, 7) is 3.91. The van der Waals surface area contributed by atoms with Crippen molar-refractivity contribution in [2.45, 2.75) is 69.1 Å². The second-order valence-electron chi connectivity index (χ2n) is 8.22. The summed E-state index contributed by atoms with van der Waals surface area (Å²) in [6, 6.07) is 9.30. The first-order valence-corrected chi connectivity index (χ1v) is 11.4. The smallest absolute Gasteiger partial charge is 0.242 e. The van der Waals surface area contributed by atoms with Gasteiger partial charge in [-0.05, 0) is 36.8 Å². The van der Waals surface area contributed by atoms with Gasteiger partial charge in [0.05, 0.1) is 12.2 Å². The lowest BCUT2D eigenvalue weighted by atomic mass is 10.0. The number of amides is 2. The average Bonchev–Trinajstić information content (AvgIpc) is 3.49. The van der Waals surface area contributed by atoms with Crippen molar-refractivity contribution < 1.29 is 19.8 Å². The number of carbonyl (C=O) groups excluding carboxylic acids is 2. The Morgan fingerprint density at radius 1 is 1.14 bits per heavy atom. The molecule has 1 aliphatic carbocycles. The van der Waals surface area contributed by atoms with E-state index >= 15 is 0 Å². The van der Waals surface area contributed by atoms with E-state index in [0.29, 0.717) is 30.9 Å². The molecule has 4 N–H and O–H groups in total. The molecule has 0 radical (unpaired) electrons. The molecule has 2 amide bonds. The molecule has 7 heteroatoms. The molecule has 2 rings (SSSR count). The Balaban J connectivity index is 1.76. The van der Waals surface area contributed by atoms with Crippen LogP contribution in [0.2, 0.25) is 0 Å².